The third-order valence-corrected chi connectivity index (χ3v) is 5.04. The quantitative estimate of drug-likeness (QED) is 0.820. The first-order valence-electron chi connectivity index (χ1n) is 8.09. The van der Waals surface area contributed by atoms with E-state index >= 15 is 0 Å². The zero-order valence-corrected chi connectivity index (χ0v) is 15.2. The van der Waals surface area contributed by atoms with Gasteiger partial charge in [-0.25, -0.2) is 9.69 Å². The average Bonchev–Trinajstić information content (AvgIpc) is 2.90. The molecule has 1 atom stereocenters. The smallest absolute Gasteiger partial charge is 0.335 e. The predicted octanol–water partition coefficient (Wildman–Crippen LogP) is 3.29. The summed E-state index contributed by atoms with van der Waals surface area (Å²) in [7, 11) is 0. The molecule has 1 aliphatic heterocycles. The Morgan fingerprint density at radius 3 is 2.30 bits per heavy atom. The molecule has 27 heavy (non-hydrogen) atoms. The van der Waals surface area contributed by atoms with Crippen molar-refractivity contribution in [1.82, 2.24) is 0 Å². The van der Waals surface area contributed by atoms with Crippen LogP contribution in [0.1, 0.15) is 22.3 Å². The molecule has 1 unspecified atom stereocenters. The minimum absolute atomic E-state index is 0.105. The summed E-state index contributed by atoms with van der Waals surface area (Å²) >= 11 is 0.825. The second-order valence-electron chi connectivity index (χ2n) is 6.02. The van der Waals surface area contributed by atoms with Crippen molar-refractivity contribution < 1.29 is 24.3 Å². The van der Waals surface area contributed by atoms with Crippen LogP contribution in [0.2, 0.25) is 0 Å². The van der Waals surface area contributed by atoms with Gasteiger partial charge in [0, 0.05) is 12.1 Å². The summed E-state index contributed by atoms with van der Waals surface area (Å²) in [4.78, 5) is 48.9. The fraction of sp³-hybridized carbons (Fsp3) is 0.158. The van der Waals surface area contributed by atoms with Crippen LogP contribution in [0.3, 0.4) is 0 Å². The molecule has 2 aromatic carbocycles. The topological polar surface area (TPSA) is 104 Å². The van der Waals surface area contributed by atoms with Crippen LogP contribution in [0.15, 0.2) is 48.5 Å². The normalized spacial score (nSPS) is 16.5. The molecule has 138 valence electrons. The predicted molar refractivity (Wildman–Crippen MR) is 102 cm³/mol. The Bertz CT molecular complexity index is 909. The molecule has 2 N–H and O–H groups in total. The van der Waals surface area contributed by atoms with Crippen LogP contribution in [0, 0.1) is 6.92 Å². The number of anilines is 2. The molecule has 3 rings (SSSR count). The zero-order chi connectivity index (χ0) is 19.6. The molecule has 0 aliphatic carbocycles. The number of aryl methyl sites for hydroxylation is 1. The number of amides is 3. The lowest BCUT2D eigenvalue weighted by atomic mass is 10.2. The highest BCUT2D eigenvalue weighted by atomic mass is 32.2. The summed E-state index contributed by atoms with van der Waals surface area (Å²) in [5, 5.41) is 10.3. The molecule has 1 fully saturated rings. The van der Waals surface area contributed by atoms with Gasteiger partial charge in [0.15, 0.2) is 0 Å². The molecule has 0 saturated carbocycles. The highest BCUT2D eigenvalue weighted by molar-refractivity contribution is 8.15. The number of hydrogen-bond acceptors (Lipinski definition) is 5. The fourth-order valence-electron chi connectivity index (χ4n) is 2.59. The summed E-state index contributed by atoms with van der Waals surface area (Å²) in [5.74, 6) is -1.91. The van der Waals surface area contributed by atoms with E-state index in [2.05, 4.69) is 5.32 Å². The Balaban J connectivity index is 1.64. The van der Waals surface area contributed by atoms with E-state index in [-0.39, 0.29) is 12.0 Å². The first-order valence-corrected chi connectivity index (χ1v) is 8.97. The van der Waals surface area contributed by atoms with Crippen LogP contribution in [0.5, 0.6) is 0 Å². The van der Waals surface area contributed by atoms with Gasteiger partial charge in [-0.3, -0.25) is 14.4 Å². The highest BCUT2D eigenvalue weighted by Gasteiger charge is 2.41. The Morgan fingerprint density at radius 2 is 1.70 bits per heavy atom. The molecule has 2 aromatic rings. The minimum Gasteiger partial charge on any atom is -0.478 e. The molecule has 0 spiro atoms. The number of carbonyl (C=O) groups is 4. The van der Waals surface area contributed by atoms with Gasteiger partial charge in [-0.2, -0.15) is 0 Å². The first-order chi connectivity index (χ1) is 12.8. The van der Waals surface area contributed by atoms with Crippen molar-refractivity contribution >= 4 is 46.2 Å². The molecule has 1 saturated heterocycles. The van der Waals surface area contributed by atoms with E-state index in [1.54, 1.807) is 24.3 Å². The summed E-state index contributed by atoms with van der Waals surface area (Å²) in [6, 6.07) is 12.7. The lowest BCUT2D eigenvalue weighted by molar-refractivity contribution is -0.121. The van der Waals surface area contributed by atoms with Crippen molar-refractivity contribution in [2.45, 2.75) is 18.6 Å². The number of carboxylic acid groups (broad SMARTS) is 1. The SMILES string of the molecule is Cc1ccc(N2C(=O)SC(CC(=O)Nc3ccc(C(=O)O)cc3)C2=O)cc1. The Morgan fingerprint density at radius 1 is 1.07 bits per heavy atom. The number of rotatable bonds is 5. The third-order valence-electron chi connectivity index (χ3n) is 4.00. The van der Waals surface area contributed by atoms with Crippen LogP contribution in [0.4, 0.5) is 16.2 Å². The number of carbonyl (C=O) groups excluding carboxylic acids is 3. The first kappa shape index (κ1) is 18.7. The van der Waals surface area contributed by atoms with Gasteiger partial charge in [-0.05, 0) is 55.1 Å². The largest absolute Gasteiger partial charge is 0.478 e. The van der Waals surface area contributed by atoms with Gasteiger partial charge in [0.05, 0.1) is 11.3 Å². The highest BCUT2D eigenvalue weighted by Crippen LogP contribution is 2.33. The van der Waals surface area contributed by atoms with Crippen LogP contribution in [0.25, 0.3) is 0 Å². The van der Waals surface area contributed by atoms with Crippen molar-refractivity contribution in [3.63, 3.8) is 0 Å². The number of aromatic carboxylic acids is 1. The molecule has 1 heterocycles. The number of hydrogen-bond donors (Lipinski definition) is 2. The van der Waals surface area contributed by atoms with E-state index in [4.69, 9.17) is 5.11 Å². The molecule has 0 radical (unpaired) electrons. The van der Waals surface area contributed by atoms with E-state index in [0.29, 0.717) is 11.4 Å². The molecular formula is C19H16N2O5S. The van der Waals surface area contributed by atoms with Crippen LogP contribution < -0.4 is 10.2 Å². The van der Waals surface area contributed by atoms with Gasteiger partial charge in [0.2, 0.25) is 11.8 Å². The molecule has 0 aromatic heterocycles. The van der Waals surface area contributed by atoms with Crippen LogP contribution in [-0.2, 0) is 9.59 Å². The van der Waals surface area contributed by atoms with Gasteiger partial charge in [-0.15, -0.1) is 0 Å². The maximum absolute atomic E-state index is 12.5. The fourth-order valence-corrected chi connectivity index (χ4v) is 3.58. The number of nitrogens with zero attached hydrogens (tertiary/aromatic N) is 1. The van der Waals surface area contributed by atoms with E-state index in [9.17, 15) is 19.2 Å². The molecule has 0 bridgehead atoms. The third kappa shape index (κ3) is 4.17. The number of nitrogens with one attached hydrogen (secondary N) is 1. The maximum atomic E-state index is 12.5. The summed E-state index contributed by atoms with van der Waals surface area (Å²) < 4.78 is 0. The van der Waals surface area contributed by atoms with Gasteiger partial charge in [0.25, 0.3) is 5.24 Å². The second-order valence-corrected chi connectivity index (χ2v) is 7.17. The van der Waals surface area contributed by atoms with Crippen molar-refractivity contribution in [3.05, 3.63) is 59.7 Å². The van der Waals surface area contributed by atoms with Gasteiger partial charge >= 0.3 is 5.97 Å². The van der Waals surface area contributed by atoms with Gasteiger partial charge in [0.1, 0.15) is 5.25 Å². The van der Waals surface area contributed by atoms with Crippen molar-refractivity contribution in [3.8, 4) is 0 Å². The van der Waals surface area contributed by atoms with Crippen molar-refractivity contribution in [2.75, 3.05) is 10.2 Å². The number of benzene rings is 2. The van der Waals surface area contributed by atoms with Gasteiger partial charge < -0.3 is 10.4 Å². The van der Waals surface area contributed by atoms with Crippen molar-refractivity contribution in [2.24, 2.45) is 0 Å². The van der Waals surface area contributed by atoms with E-state index in [1.807, 2.05) is 6.92 Å². The Labute approximate surface area is 159 Å². The molecule has 3 amide bonds. The summed E-state index contributed by atoms with van der Waals surface area (Å²) in [6.07, 6.45) is -0.154. The second kappa shape index (κ2) is 7.63. The molecule has 8 heteroatoms. The number of carboxylic acids is 1. The standard InChI is InChI=1S/C19H16N2O5S/c1-11-2-8-14(9-3-11)21-17(23)15(27-19(21)26)10-16(22)20-13-6-4-12(5-7-13)18(24)25/h2-9,15H,10H2,1H3,(H,20,22)(H,24,25). The lowest BCUT2D eigenvalue weighted by Gasteiger charge is -2.14. The Kier molecular flexibility index (Phi) is 5.27. The van der Waals surface area contributed by atoms with E-state index < -0.39 is 28.3 Å². The average molecular weight is 384 g/mol. The number of imide groups is 1. The van der Waals surface area contributed by atoms with E-state index in [1.165, 1.54) is 24.3 Å². The zero-order valence-electron chi connectivity index (χ0n) is 14.3. The van der Waals surface area contributed by atoms with Crippen LogP contribution >= 0.6 is 11.8 Å². The summed E-state index contributed by atoms with van der Waals surface area (Å²) in [5.41, 5.74) is 2.02. The van der Waals surface area contributed by atoms with Gasteiger partial charge in [-0.1, -0.05) is 17.7 Å². The Hall–Kier alpha value is -3.13. The number of thioether (sulfide) groups is 1. The summed E-state index contributed by atoms with van der Waals surface area (Å²) in [6.45, 7) is 1.91. The lowest BCUT2D eigenvalue weighted by Crippen LogP contribution is -2.32. The van der Waals surface area contributed by atoms with Crippen LogP contribution in [-0.4, -0.2) is 33.4 Å². The van der Waals surface area contributed by atoms with E-state index in [0.717, 1.165) is 22.2 Å². The maximum Gasteiger partial charge on any atom is 0.335 e. The molecule has 1 aliphatic rings. The molecular weight excluding hydrogens is 368 g/mol. The molecule has 7 nitrogen and oxygen atoms in total. The monoisotopic (exact) mass is 384 g/mol. The van der Waals surface area contributed by atoms with Crippen molar-refractivity contribution in [1.29, 1.82) is 0 Å². The minimum atomic E-state index is -1.06.